The van der Waals surface area contributed by atoms with E-state index in [0.717, 1.165) is 6.42 Å². The lowest BCUT2D eigenvalue weighted by molar-refractivity contribution is 0.396. The van der Waals surface area contributed by atoms with Crippen LogP contribution in [0.1, 0.15) is 40.5 Å². The summed E-state index contributed by atoms with van der Waals surface area (Å²) in [7, 11) is -3.15. The molecule has 0 bridgehead atoms. The van der Waals surface area contributed by atoms with Crippen molar-refractivity contribution in [2.24, 2.45) is 5.41 Å². The Hall–Kier alpha value is 0.200. The quantitative estimate of drug-likeness (QED) is 0.741. The maximum absolute atomic E-state index is 11.5. The normalized spacial score (nSPS) is 15.3. The molecule has 0 aliphatic rings. The molecule has 0 aromatic heterocycles. The Morgan fingerprint density at radius 1 is 1.33 bits per heavy atom. The van der Waals surface area contributed by atoms with Gasteiger partial charge in [-0.1, -0.05) is 27.7 Å². The van der Waals surface area contributed by atoms with E-state index in [2.05, 4.69) is 4.72 Å². The molecule has 0 aliphatic carbocycles. The standard InChI is InChI=1S/C10H22ClNO2S/c1-5-9(11)8-12-15(13,14)7-6-10(2,3)4/h9,12H,5-8H2,1-4H3. The third-order valence-corrected chi connectivity index (χ3v) is 3.90. The highest BCUT2D eigenvalue weighted by molar-refractivity contribution is 7.89. The molecule has 0 rings (SSSR count). The molecule has 0 amide bonds. The number of rotatable bonds is 6. The molecule has 0 aromatic carbocycles. The first-order valence-electron chi connectivity index (χ1n) is 5.28. The molecule has 1 atom stereocenters. The molecular weight excluding hydrogens is 234 g/mol. The Bertz CT molecular complexity index is 270. The summed E-state index contributed by atoms with van der Waals surface area (Å²) in [5.41, 5.74) is 0.0415. The fourth-order valence-corrected chi connectivity index (χ4v) is 2.52. The van der Waals surface area contributed by atoms with E-state index in [-0.39, 0.29) is 16.5 Å². The minimum atomic E-state index is -3.15. The van der Waals surface area contributed by atoms with Crippen molar-refractivity contribution >= 4 is 21.6 Å². The highest BCUT2D eigenvalue weighted by atomic mass is 35.5. The number of halogens is 1. The van der Waals surface area contributed by atoms with Crippen LogP contribution in [0.5, 0.6) is 0 Å². The van der Waals surface area contributed by atoms with Gasteiger partial charge in [0.15, 0.2) is 0 Å². The smallest absolute Gasteiger partial charge is 0.211 e. The van der Waals surface area contributed by atoms with Gasteiger partial charge in [-0.05, 0) is 18.3 Å². The van der Waals surface area contributed by atoms with E-state index in [9.17, 15) is 8.42 Å². The van der Waals surface area contributed by atoms with Crippen molar-refractivity contribution in [2.45, 2.75) is 45.9 Å². The van der Waals surface area contributed by atoms with E-state index in [4.69, 9.17) is 11.6 Å². The van der Waals surface area contributed by atoms with Gasteiger partial charge in [0, 0.05) is 11.9 Å². The van der Waals surface area contributed by atoms with Gasteiger partial charge in [0.05, 0.1) is 5.75 Å². The molecule has 0 saturated carbocycles. The van der Waals surface area contributed by atoms with Crippen molar-refractivity contribution in [3.05, 3.63) is 0 Å². The molecule has 0 fully saturated rings. The monoisotopic (exact) mass is 255 g/mol. The van der Waals surface area contributed by atoms with Crippen molar-refractivity contribution in [2.75, 3.05) is 12.3 Å². The highest BCUT2D eigenvalue weighted by Gasteiger charge is 2.17. The average molecular weight is 256 g/mol. The zero-order chi connectivity index (χ0) is 12.1. The van der Waals surface area contributed by atoms with Crippen molar-refractivity contribution < 1.29 is 8.42 Å². The van der Waals surface area contributed by atoms with E-state index in [1.165, 1.54) is 0 Å². The second-order valence-electron chi connectivity index (χ2n) is 4.98. The van der Waals surface area contributed by atoms with E-state index >= 15 is 0 Å². The van der Waals surface area contributed by atoms with Crippen molar-refractivity contribution in [1.82, 2.24) is 4.72 Å². The molecule has 5 heteroatoms. The predicted molar refractivity (Wildman–Crippen MR) is 65.8 cm³/mol. The third kappa shape index (κ3) is 9.15. The Labute approximate surface area is 98.6 Å². The van der Waals surface area contributed by atoms with Crippen LogP contribution in [-0.4, -0.2) is 26.1 Å². The molecule has 1 unspecified atom stereocenters. The van der Waals surface area contributed by atoms with Gasteiger partial charge in [-0.15, -0.1) is 11.6 Å². The molecule has 0 aliphatic heterocycles. The van der Waals surface area contributed by atoms with Gasteiger partial charge in [-0.3, -0.25) is 0 Å². The zero-order valence-electron chi connectivity index (χ0n) is 10.0. The highest BCUT2D eigenvalue weighted by Crippen LogP contribution is 2.18. The van der Waals surface area contributed by atoms with Crippen molar-refractivity contribution in [3.8, 4) is 0 Å². The molecular formula is C10H22ClNO2S. The fourth-order valence-electron chi connectivity index (χ4n) is 0.874. The number of hydrogen-bond acceptors (Lipinski definition) is 2. The van der Waals surface area contributed by atoms with Gasteiger partial charge in [0.1, 0.15) is 0 Å². The molecule has 0 aromatic rings. The lowest BCUT2D eigenvalue weighted by Crippen LogP contribution is -2.32. The number of alkyl halides is 1. The first kappa shape index (κ1) is 15.2. The molecule has 15 heavy (non-hydrogen) atoms. The lowest BCUT2D eigenvalue weighted by Gasteiger charge is -2.18. The van der Waals surface area contributed by atoms with E-state index in [1.54, 1.807) is 0 Å². The second-order valence-corrected chi connectivity index (χ2v) is 7.53. The van der Waals surface area contributed by atoms with Crippen LogP contribution in [0.2, 0.25) is 0 Å². The van der Waals surface area contributed by atoms with Crippen LogP contribution in [0.4, 0.5) is 0 Å². The van der Waals surface area contributed by atoms with Crippen molar-refractivity contribution in [1.29, 1.82) is 0 Å². The van der Waals surface area contributed by atoms with Gasteiger partial charge >= 0.3 is 0 Å². The van der Waals surface area contributed by atoms with Gasteiger partial charge < -0.3 is 0 Å². The summed E-state index contributed by atoms with van der Waals surface area (Å²) in [6.45, 7) is 8.34. The van der Waals surface area contributed by atoms with Gasteiger partial charge in [-0.2, -0.15) is 0 Å². The first-order chi connectivity index (χ1) is 6.66. The van der Waals surface area contributed by atoms with Crippen LogP contribution in [0.25, 0.3) is 0 Å². The Morgan fingerprint density at radius 3 is 2.27 bits per heavy atom. The lowest BCUT2D eigenvalue weighted by atomic mass is 9.94. The minimum absolute atomic E-state index is 0.0415. The Balaban J connectivity index is 3.99. The maximum atomic E-state index is 11.5. The second kappa shape index (κ2) is 6.06. The number of hydrogen-bond donors (Lipinski definition) is 1. The summed E-state index contributed by atoms with van der Waals surface area (Å²) in [4.78, 5) is 0. The topological polar surface area (TPSA) is 46.2 Å². The van der Waals surface area contributed by atoms with E-state index in [1.807, 2.05) is 27.7 Å². The predicted octanol–water partition coefficient (Wildman–Crippen LogP) is 2.36. The molecule has 0 spiro atoms. The van der Waals surface area contributed by atoms with Crippen LogP contribution < -0.4 is 4.72 Å². The first-order valence-corrected chi connectivity index (χ1v) is 7.36. The number of nitrogens with one attached hydrogen (secondary N) is 1. The molecule has 0 saturated heterocycles. The third-order valence-electron chi connectivity index (χ3n) is 2.09. The summed E-state index contributed by atoms with van der Waals surface area (Å²) >= 11 is 5.83. The Kier molecular flexibility index (Phi) is 6.14. The SMILES string of the molecule is CCC(Cl)CNS(=O)(=O)CCC(C)(C)C. The fraction of sp³-hybridized carbons (Fsp3) is 1.00. The summed E-state index contributed by atoms with van der Waals surface area (Å²) in [6, 6.07) is 0. The van der Waals surface area contributed by atoms with Crippen LogP contribution in [0.15, 0.2) is 0 Å². The summed E-state index contributed by atoms with van der Waals surface area (Å²) in [5.74, 6) is 0.170. The van der Waals surface area contributed by atoms with Crippen LogP contribution in [0.3, 0.4) is 0 Å². The maximum Gasteiger partial charge on any atom is 0.211 e. The molecule has 3 nitrogen and oxygen atoms in total. The summed E-state index contributed by atoms with van der Waals surface area (Å²) in [5, 5.41) is -0.116. The number of sulfonamides is 1. The largest absolute Gasteiger partial charge is 0.214 e. The minimum Gasteiger partial charge on any atom is -0.214 e. The average Bonchev–Trinajstić information content (AvgIpc) is 2.10. The van der Waals surface area contributed by atoms with E-state index in [0.29, 0.717) is 13.0 Å². The summed E-state index contributed by atoms with van der Waals surface area (Å²) in [6.07, 6.45) is 1.42. The van der Waals surface area contributed by atoms with Gasteiger partial charge in [0.25, 0.3) is 0 Å². The zero-order valence-corrected chi connectivity index (χ0v) is 11.6. The van der Waals surface area contributed by atoms with Crippen LogP contribution in [-0.2, 0) is 10.0 Å². The van der Waals surface area contributed by atoms with Gasteiger partial charge in [0.2, 0.25) is 10.0 Å². The molecule has 0 radical (unpaired) electrons. The van der Waals surface area contributed by atoms with Crippen LogP contribution in [0, 0.1) is 5.41 Å². The summed E-state index contributed by atoms with van der Waals surface area (Å²) < 4.78 is 25.6. The van der Waals surface area contributed by atoms with Gasteiger partial charge in [-0.25, -0.2) is 13.1 Å². The Morgan fingerprint density at radius 2 is 1.87 bits per heavy atom. The molecule has 0 heterocycles. The molecule has 1 N–H and O–H groups in total. The van der Waals surface area contributed by atoms with E-state index < -0.39 is 10.0 Å². The van der Waals surface area contributed by atoms with Crippen LogP contribution >= 0.6 is 11.6 Å². The molecule has 92 valence electrons. The van der Waals surface area contributed by atoms with Crippen molar-refractivity contribution in [3.63, 3.8) is 0 Å².